The van der Waals surface area contributed by atoms with Gasteiger partial charge in [0.05, 0.1) is 12.2 Å². The van der Waals surface area contributed by atoms with Crippen LogP contribution in [0.2, 0.25) is 0 Å². The van der Waals surface area contributed by atoms with Crippen LogP contribution in [0.4, 0.5) is 5.69 Å². The zero-order valence-electron chi connectivity index (χ0n) is 10.7. The average Bonchev–Trinajstić information content (AvgIpc) is 2.89. The molecule has 2 aromatic heterocycles. The summed E-state index contributed by atoms with van der Waals surface area (Å²) < 4.78 is 5.49. The van der Waals surface area contributed by atoms with Gasteiger partial charge in [0.1, 0.15) is 5.58 Å². The smallest absolute Gasteiger partial charge is 0.287 e. The number of nitrogens with two attached hydrogens (primary N) is 1. The van der Waals surface area contributed by atoms with Crippen LogP contribution < -0.4 is 11.1 Å². The predicted molar refractivity (Wildman–Crippen MR) is 76.0 cm³/mol. The standard InChI is InChI=1S/C15H13N3O2/c16-11-4-5-13-10(7-11)8-14(20-13)15(19)18-9-12-3-1-2-6-17-12/h1-8H,9,16H2,(H,18,19). The molecule has 0 saturated carbocycles. The molecule has 5 heteroatoms. The van der Waals surface area contributed by atoms with E-state index in [1.54, 1.807) is 30.5 Å². The molecule has 3 N–H and O–H groups in total. The molecule has 0 aliphatic rings. The van der Waals surface area contributed by atoms with Gasteiger partial charge in [-0.25, -0.2) is 0 Å². The Hall–Kier alpha value is -2.82. The molecule has 5 nitrogen and oxygen atoms in total. The number of nitrogen functional groups attached to an aromatic ring is 1. The summed E-state index contributed by atoms with van der Waals surface area (Å²) in [5.41, 5.74) is 7.76. The van der Waals surface area contributed by atoms with Crippen LogP contribution in [-0.2, 0) is 6.54 Å². The molecule has 0 fully saturated rings. The Morgan fingerprint density at radius 3 is 2.95 bits per heavy atom. The fraction of sp³-hybridized carbons (Fsp3) is 0.0667. The van der Waals surface area contributed by atoms with E-state index in [4.69, 9.17) is 10.2 Å². The number of aromatic nitrogens is 1. The maximum Gasteiger partial charge on any atom is 0.287 e. The van der Waals surface area contributed by atoms with E-state index in [0.29, 0.717) is 17.8 Å². The van der Waals surface area contributed by atoms with Crippen molar-refractivity contribution in [1.29, 1.82) is 0 Å². The van der Waals surface area contributed by atoms with Crippen LogP contribution in [0.5, 0.6) is 0 Å². The summed E-state index contributed by atoms with van der Waals surface area (Å²) >= 11 is 0. The third kappa shape index (κ3) is 2.47. The van der Waals surface area contributed by atoms with Crippen LogP contribution in [0.25, 0.3) is 11.0 Å². The first-order chi connectivity index (χ1) is 9.72. The van der Waals surface area contributed by atoms with E-state index in [9.17, 15) is 4.79 Å². The van der Waals surface area contributed by atoms with Crippen molar-refractivity contribution in [1.82, 2.24) is 10.3 Å². The van der Waals surface area contributed by atoms with Crippen molar-refractivity contribution >= 4 is 22.6 Å². The van der Waals surface area contributed by atoms with Crippen molar-refractivity contribution in [2.24, 2.45) is 0 Å². The average molecular weight is 267 g/mol. The molecule has 0 aliphatic carbocycles. The number of anilines is 1. The highest BCUT2D eigenvalue weighted by atomic mass is 16.3. The summed E-state index contributed by atoms with van der Waals surface area (Å²) in [5.74, 6) is -0.00745. The zero-order chi connectivity index (χ0) is 13.9. The van der Waals surface area contributed by atoms with Gasteiger partial charge in [0, 0.05) is 17.3 Å². The summed E-state index contributed by atoms with van der Waals surface area (Å²) in [4.78, 5) is 16.1. The second-order valence-corrected chi connectivity index (χ2v) is 4.41. The second-order valence-electron chi connectivity index (χ2n) is 4.41. The number of hydrogen-bond acceptors (Lipinski definition) is 4. The van der Waals surface area contributed by atoms with Crippen molar-refractivity contribution in [2.45, 2.75) is 6.54 Å². The Labute approximate surface area is 115 Å². The number of nitrogens with zero attached hydrogens (tertiary/aromatic N) is 1. The number of furan rings is 1. The van der Waals surface area contributed by atoms with E-state index < -0.39 is 0 Å². The fourth-order valence-corrected chi connectivity index (χ4v) is 1.93. The summed E-state index contributed by atoms with van der Waals surface area (Å²) in [6.45, 7) is 0.360. The summed E-state index contributed by atoms with van der Waals surface area (Å²) in [6, 6.07) is 12.5. The van der Waals surface area contributed by atoms with Gasteiger partial charge >= 0.3 is 0 Å². The lowest BCUT2D eigenvalue weighted by Crippen LogP contribution is -2.22. The summed E-state index contributed by atoms with van der Waals surface area (Å²) in [7, 11) is 0. The Morgan fingerprint density at radius 2 is 2.15 bits per heavy atom. The molecule has 1 amide bonds. The van der Waals surface area contributed by atoms with E-state index in [1.807, 2.05) is 18.2 Å². The molecule has 0 bridgehead atoms. The molecular formula is C15H13N3O2. The van der Waals surface area contributed by atoms with Crippen molar-refractivity contribution in [3.05, 3.63) is 60.1 Å². The van der Waals surface area contributed by atoms with Crippen LogP contribution in [-0.4, -0.2) is 10.9 Å². The maximum absolute atomic E-state index is 12.0. The third-order valence-corrected chi connectivity index (χ3v) is 2.92. The van der Waals surface area contributed by atoms with Gasteiger partial charge in [0.15, 0.2) is 5.76 Å². The minimum Gasteiger partial charge on any atom is -0.451 e. The monoisotopic (exact) mass is 267 g/mol. The molecule has 100 valence electrons. The van der Waals surface area contributed by atoms with Crippen LogP contribution in [0, 0.1) is 0 Å². The summed E-state index contributed by atoms with van der Waals surface area (Å²) in [5, 5.41) is 3.58. The molecule has 0 aliphatic heterocycles. The maximum atomic E-state index is 12.0. The topological polar surface area (TPSA) is 81.1 Å². The summed E-state index contributed by atoms with van der Waals surface area (Å²) in [6.07, 6.45) is 1.69. The molecule has 3 aromatic rings. The first-order valence-corrected chi connectivity index (χ1v) is 6.19. The minimum absolute atomic E-state index is 0.265. The molecule has 3 rings (SSSR count). The quantitative estimate of drug-likeness (QED) is 0.714. The van der Waals surface area contributed by atoms with Crippen LogP contribution >= 0.6 is 0 Å². The first kappa shape index (κ1) is 12.2. The number of nitrogens with one attached hydrogen (secondary N) is 1. The Balaban J connectivity index is 1.75. The highest BCUT2D eigenvalue weighted by molar-refractivity contribution is 5.96. The molecule has 0 unspecified atom stereocenters. The molecule has 0 saturated heterocycles. The lowest BCUT2D eigenvalue weighted by molar-refractivity contribution is 0.0925. The highest BCUT2D eigenvalue weighted by Crippen LogP contribution is 2.21. The van der Waals surface area contributed by atoms with Gasteiger partial charge in [0.2, 0.25) is 0 Å². The second kappa shape index (κ2) is 5.05. The van der Waals surface area contributed by atoms with E-state index in [2.05, 4.69) is 10.3 Å². The third-order valence-electron chi connectivity index (χ3n) is 2.92. The molecule has 1 aromatic carbocycles. The van der Waals surface area contributed by atoms with Gasteiger partial charge in [-0.2, -0.15) is 0 Å². The molecule has 0 spiro atoms. The molecule has 2 heterocycles. The lowest BCUT2D eigenvalue weighted by Gasteiger charge is -2.01. The minimum atomic E-state index is -0.273. The normalized spacial score (nSPS) is 10.6. The molecule has 20 heavy (non-hydrogen) atoms. The van der Waals surface area contributed by atoms with Crippen LogP contribution in [0.1, 0.15) is 16.2 Å². The van der Waals surface area contributed by atoms with Crippen molar-refractivity contribution in [3.8, 4) is 0 Å². The zero-order valence-corrected chi connectivity index (χ0v) is 10.7. The van der Waals surface area contributed by atoms with E-state index in [0.717, 1.165) is 11.1 Å². The number of pyridine rings is 1. The number of carbonyl (C=O) groups is 1. The van der Waals surface area contributed by atoms with Gasteiger partial charge in [-0.15, -0.1) is 0 Å². The Morgan fingerprint density at radius 1 is 1.25 bits per heavy atom. The largest absolute Gasteiger partial charge is 0.451 e. The first-order valence-electron chi connectivity index (χ1n) is 6.19. The van der Waals surface area contributed by atoms with E-state index in [1.165, 1.54) is 0 Å². The van der Waals surface area contributed by atoms with Gasteiger partial charge < -0.3 is 15.5 Å². The van der Waals surface area contributed by atoms with Gasteiger partial charge in [0.25, 0.3) is 5.91 Å². The van der Waals surface area contributed by atoms with Crippen molar-refractivity contribution in [3.63, 3.8) is 0 Å². The number of benzene rings is 1. The Bertz CT molecular complexity index is 750. The number of rotatable bonds is 3. The van der Waals surface area contributed by atoms with Gasteiger partial charge in [-0.1, -0.05) is 6.07 Å². The SMILES string of the molecule is Nc1ccc2oc(C(=O)NCc3ccccn3)cc2c1. The molecule has 0 atom stereocenters. The highest BCUT2D eigenvalue weighted by Gasteiger charge is 2.12. The van der Waals surface area contributed by atoms with E-state index in [-0.39, 0.29) is 11.7 Å². The number of amides is 1. The van der Waals surface area contributed by atoms with Gasteiger partial charge in [-0.3, -0.25) is 9.78 Å². The number of hydrogen-bond donors (Lipinski definition) is 2. The predicted octanol–water partition coefficient (Wildman–Crippen LogP) is 2.34. The number of fused-ring (bicyclic) bond motifs is 1. The lowest BCUT2D eigenvalue weighted by atomic mass is 10.2. The van der Waals surface area contributed by atoms with Crippen molar-refractivity contribution < 1.29 is 9.21 Å². The van der Waals surface area contributed by atoms with E-state index >= 15 is 0 Å². The fourth-order valence-electron chi connectivity index (χ4n) is 1.93. The molecule has 0 radical (unpaired) electrons. The van der Waals surface area contributed by atoms with Gasteiger partial charge in [-0.05, 0) is 36.4 Å². The molecular weight excluding hydrogens is 254 g/mol. The van der Waals surface area contributed by atoms with Crippen LogP contribution in [0.3, 0.4) is 0 Å². The number of carbonyl (C=O) groups excluding carboxylic acids is 1. The van der Waals surface area contributed by atoms with Crippen LogP contribution in [0.15, 0.2) is 53.1 Å². The Kier molecular flexibility index (Phi) is 3.09. The van der Waals surface area contributed by atoms with Crippen molar-refractivity contribution in [2.75, 3.05) is 5.73 Å².